The molecule has 0 N–H and O–H groups in total. The molecule has 1 aliphatic rings. The number of nitrogens with zero attached hydrogens (tertiary/aromatic N) is 5. The molecule has 2 amide bonds. The van der Waals surface area contributed by atoms with Crippen molar-refractivity contribution in [2.75, 3.05) is 37.5 Å². The fourth-order valence-corrected chi connectivity index (χ4v) is 3.87. The largest absolute Gasteiger partial charge is 0.363 e. The molecule has 0 spiro atoms. The van der Waals surface area contributed by atoms with Crippen LogP contribution in [-0.2, 0) is 11.3 Å². The molecule has 1 aliphatic heterocycles. The van der Waals surface area contributed by atoms with Gasteiger partial charge in [-0.1, -0.05) is 18.2 Å². The zero-order valence-electron chi connectivity index (χ0n) is 18.9. The van der Waals surface area contributed by atoms with Gasteiger partial charge in [0.15, 0.2) is 0 Å². The van der Waals surface area contributed by atoms with E-state index in [-0.39, 0.29) is 30.1 Å². The van der Waals surface area contributed by atoms with E-state index in [0.717, 1.165) is 5.69 Å². The second kappa shape index (κ2) is 9.36. The molecule has 1 fully saturated rings. The lowest BCUT2D eigenvalue weighted by atomic mass is 10.0. The lowest BCUT2D eigenvalue weighted by Gasteiger charge is -2.20. The summed E-state index contributed by atoms with van der Waals surface area (Å²) in [7, 11) is 5.49. The molecular weight excluding hydrogens is 421 g/mol. The third kappa shape index (κ3) is 5.00. The zero-order valence-corrected chi connectivity index (χ0v) is 18.9. The standard InChI is InChI=1S/C25H26FN5O2/c1-29(2)23-14-21(18-13-24(32)31(15-18)20-11-9-19(26)10-12-20)27-22(28-23)16-30(3)25(33)17-7-5-4-6-8-17/h4-12,14,18H,13,15-16H2,1-3H3/t18-/m0/s1. The number of rotatable bonds is 6. The van der Waals surface area contributed by atoms with Crippen LogP contribution >= 0.6 is 0 Å². The average molecular weight is 448 g/mol. The maximum absolute atomic E-state index is 13.3. The first-order valence-electron chi connectivity index (χ1n) is 10.7. The Labute approximate surface area is 192 Å². The summed E-state index contributed by atoms with van der Waals surface area (Å²) >= 11 is 0. The molecule has 8 heteroatoms. The fourth-order valence-electron chi connectivity index (χ4n) is 3.87. The molecule has 0 radical (unpaired) electrons. The number of amides is 2. The second-order valence-corrected chi connectivity index (χ2v) is 8.37. The predicted molar refractivity (Wildman–Crippen MR) is 125 cm³/mol. The highest BCUT2D eigenvalue weighted by atomic mass is 19.1. The summed E-state index contributed by atoms with van der Waals surface area (Å²) in [4.78, 5) is 39.9. The van der Waals surface area contributed by atoms with Crippen LogP contribution in [0.15, 0.2) is 60.7 Å². The van der Waals surface area contributed by atoms with Gasteiger partial charge in [0.05, 0.1) is 12.2 Å². The number of hydrogen-bond acceptors (Lipinski definition) is 5. The number of carbonyl (C=O) groups excluding carboxylic acids is 2. The maximum Gasteiger partial charge on any atom is 0.254 e. The molecule has 4 rings (SSSR count). The summed E-state index contributed by atoms with van der Waals surface area (Å²) in [5.74, 6) is 0.605. The second-order valence-electron chi connectivity index (χ2n) is 8.37. The normalized spacial score (nSPS) is 15.6. The molecule has 2 aromatic carbocycles. The molecule has 7 nitrogen and oxygen atoms in total. The number of hydrogen-bond donors (Lipinski definition) is 0. The molecule has 3 aromatic rings. The van der Waals surface area contributed by atoms with Crippen molar-refractivity contribution in [3.8, 4) is 0 Å². The van der Waals surface area contributed by atoms with Crippen molar-refractivity contribution in [1.82, 2.24) is 14.9 Å². The molecule has 0 aliphatic carbocycles. The Hall–Kier alpha value is -3.81. The number of carbonyl (C=O) groups is 2. The lowest BCUT2D eigenvalue weighted by molar-refractivity contribution is -0.117. The van der Waals surface area contributed by atoms with Gasteiger partial charge in [-0.15, -0.1) is 0 Å². The molecule has 0 unspecified atom stereocenters. The van der Waals surface area contributed by atoms with Crippen LogP contribution in [0, 0.1) is 5.82 Å². The van der Waals surface area contributed by atoms with Gasteiger partial charge in [-0.3, -0.25) is 9.59 Å². The molecular formula is C25H26FN5O2. The topological polar surface area (TPSA) is 69.6 Å². The van der Waals surface area contributed by atoms with Crippen LogP contribution in [0.25, 0.3) is 0 Å². The van der Waals surface area contributed by atoms with Crippen molar-refractivity contribution in [3.05, 3.63) is 83.6 Å². The highest BCUT2D eigenvalue weighted by molar-refractivity contribution is 5.96. The van der Waals surface area contributed by atoms with Gasteiger partial charge in [0, 0.05) is 57.3 Å². The van der Waals surface area contributed by atoms with E-state index >= 15 is 0 Å². The van der Waals surface area contributed by atoms with Crippen LogP contribution in [0.1, 0.15) is 34.2 Å². The molecule has 2 heterocycles. The first-order chi connectivity index (χ1) is 15.8. The lowest BCUT2D eigenvalue weighted by Crippen LogP contribution is -2.28. The average Bonchev–Trinajstić information content (AvgIpc) is 3.21. The summed E-state index contributed by atoms with van der Waals surface area (Å²) in [6, 6.07) is 16.9. The third-order valence-corrected chi connectivity index (χ3v) is 5.66. The van der Waals surface area contributed by atoms with Crippen molar-refractivity contribution in [3.63, 3.8) is 0 Å². The smallest absolute Gasteiger partial charge is 0.254 e. The van der Waals surface area contributed by atoms with Gasteiger partial charge in [-0.25, -0.2) is 14.4 Å². The number of anilines is 2. The summed E-state index contributed by atoms with van der Waals surface area (Å²) in [5, 5.41) is 0. The van der Waals surface area contributed by atoms with Crippen LogP contribution in [0.3, 0.4) is 0 Å². The Balaban J connectivity index is 1.57. The number of aromatic nitrogens is 2. The molecule has 170 valence electrons. The van der Waals surface area contributed by atoms with E-state index in [1.54, 1.807) is 41.1 Å². The summed E-state index contributed by atoms with van der Waals surface area (Å²) in [6.07, 6.45) is 0.305. The minimum Gasteiger partial charge on any atom is -0.363 e. The van der Waals surface area contributed by atoms with Crippen LogP contribution < -0.4 is 9.80 Å². The first-order valence-corrected chi connectivity index (χ1v) is 10.7. The van der Waals surface area contributed by atoms with Gasteiger partial charge in [0.2, 0.25) is 5.91 Å². The van der Waals surface area contributed by atoms with Crippen LogP contribution in [-0.4, -0.2) is 54.4 Å². The van der Waals surface area contributed by atoms with E-state index in [0.29, 0.717) is 35.9 Å². The quantitative estimate of drug-likeness (QED) is 0.579. The van der Waals surface area contributed by atoms with Gasteiger partial charge >= 0.3 is 0 Å². The van der Waals surface area contributed by atoms with E-state index in [1.807, 2.05) is 43.3 Å². The van der Waals surface area contributed by atoms with Crippen LogP contribution in [0.2, 0.25) is 0 Å². The molecule has 1 atom stereocenters. The van der Waals surface area contributed by atoms with E-state index in [9.17, 15) is 14.0 Å². The molecule has 1 aromatic heterocycles. The highest BCUT2D eigenvalue weighted by Gasteiger charge is 2.33. The maximum atomic E-state index is 13.3. The minimum absolute atomic E-state index is 0.0328. The summed E-state index contributed by atoms with van der Waals surface area (Å²) in [6.45, 7) is 0.692. The molecule has 0 bridgehead atoms. The SMILES string of the molecule is CN(Cc1nc([C@H]2CC(=O)N(c3ccc(F)cc3)C2)cc(N(C)C)n1)C(=O)c1ccccc1. The first kappa shape index (κ1) is 22.4. The third-order valence-electron chi connectivity index (χ3n) is 5.66. The van der Waals surface area contributed by atoms with E-state index in [2.05, 4.69) is 4.98 Å². The van der Waals surface area contributed by atoms with Gasteiger partial charge in [0.25, 0.3) is 5.91 Å². The monoisotopic (exact) mass is 447 g/mol. The van der Waals surface area contributed by atoms with Gasteiger partial charge < -0.3 is 14.7 Å². The molecule has 0 saturated carbocycles. The Bertz CT molecular complexity index is 1150. The van der Waals surface area contributed by atoms with Crippen LogP contribution in [0.4, 0.5) is 15.9 Å². The van der Waals surface area contributed by atoms with E-state index in [4.69, 9.17) is 4.98 Å². The Morgan fingerprint density at radius 3 is 2.42 bits per heavy atom. The molecule has 1 saturated heterocycles. The summed E-state index contributed by atoms with van der Waals surface area (Å²) < 4.78 is 13.3. The van der Waals surface area contributed by atoms with Crippen LogP contribution in [0.5, 0.6) is 0 Å². The van der Waals surface area contributed by atoms with Gasteiger partial charge in [-0.05, 0) is 36.4 Å². The van der Waals surface area contributed by atoms with Crippen molar-refractivity contribution >= 4 is 23.3 Å². The number of halogens is 1. The van der Waals surface area contributed by atoms with Gasteiger partial charge in [-0.2, -0.15) is 0 Å². The van der Waals surface area contributed by atoms with Crippen molar-refractivity contribution < 1.29 is 14.0 Å². The van der Waals surface area contributed by atoms with E-state index in [1.165, 1.54) is 12.1 Å². The van der Waals surface area contributed by atoms with Crippen molar-refractivity contribution in [2.45, 2.75) is 18.9 Å². The minimum atomic E-state index is -0.341. The summed E-state index contributed by atoms with van der Waals surface area (Å²) in [5.41, 5.74) is 2.02. The predicted octanol–water partition coefficient (Wildman–Crippen LogP) is 3.47. The van der Waals surface area contributed by atoms with Gasteiger partial charge in [0.1, 0.15) is 17.5 Å². The van der Waals surface area contributed by atoms with Crippen molar-refractivity contribution in [1.29, 1.82) is 0 Å². The Morgan fingerprint density at radius 2 is 1.76 bits per heavy atom. The Kier molecular flexibility index (Phi) is 6.35. The Morgan fingerprint density at radius 1 is 1.06 bits per heavy atom. The number of benzene rings is 2. The van der Waals surface area contributed by atoms with E-state index < -0.39 is 0 Å². The molecule has 33 heavy (non-hydrogen) atoms. The highest BCUT2D eigenvalue weighted by Crippen LogP contribution is 2.32. The zero-order chi connectivity index (χ0) is 23.5. The van der Waals surface area contributed by atoms with Crippen molar-refractivity contribution in [2.24, 2.45) is 0 Å². The fraction of sp³-hybridized carbons (Fsp3) is 0.280.